The first-order valence-corrected chi connectivity index (χ1v) is 8.22. The van der Waals surface area contributed by atoms with E-state index in [1.807, 2.05) is 13.8 Å². The first-order valence-electron chi connectivity index (χ1n) is 8.22. The Labute approximate surface area is 146 Å². The van der Waals surface area contributed by atoms with Crippen molar-refractivity contribution in [2.45, 2.75) is 20.3 Å². The van der Waals surface area contributed by atoms with Gasteiger partial charge in [0.15, 0.2) is 5.82 Å². The molecule has 1 saturated heterocycles. The lowest BCUT2D eigenvalue weighted by molar-refractivity contribution is 0.620. The first kappa shape index (κ1) is 16.7. The molecule has 0 radical (unpaired) electrons. The van der Waals surface area contributed by atoms with Crippen LogP contribution >= 0.6 is 0 Å². The smallest absolute Gasteiger partial charge is 0.169 e. The van der Waals surface area contributed by atoms with E-state index >= 15 is 0 Å². The fourth-order valence-electron chi connectivity index (χ4n) is 3.02. The van der Waals surface area contributed by atoms with Gasteiger partial charge < -0.3 is 10.2 Å². The number of aryl methyl sites for hydroxylation is 1. The standard InChI is InChI=1S/C18H19N7/c1-12-13(2)23-24-18(16(12)9-20)25-7-5-14(11-25)10-22-17-15(8-19)4-3-6-21-17/h3-4,6,14H,5,7,10-11H2,1-2H3,(H,21,22)/t14-/m0/s1. The van der Waals surface area contributed by atoms with Crippen LogP contribution in [0.25, 0.3) is 0 Å². The summed E-state index contributed by atoms with van der Waals surface area (Å²) in [6, 6.07) is 7.91. The minimum atomic E-state index is 0.392. The molecule has 1 aliphatic heterocycles. The predicted molar refractivity (Wildman–Crippen MR) is 94.0 cm³/mol. The number of nitrogens with one attached hydrogen (secondary N) is 1. The Morgan fingerprint density at radius 3 is 2.88 bits per heavy atom. The zero-order valence-corrected chi connectivity index (χ0v) is 14.3. The highest BCUT2D eigenvalue weighted by atomic mass is 15.3. The molecule has 0 unspecified atom stereocenters. The van der Waals surface area contributed by atoms with Gasteiger partial charge in [0.1, 0.15) is 23.5 Å². The Morgan fingerprint density at radius 1 is 1.28 bits per heavy atom. The molecule has 0 saturated carbocycles. The van der Waals surface area contributed by atoms with Gasteiger partial charge >= 0.3 is 0 Å². The molecule has 7 heteroatoms. The molecule has 0 aromatic carbocycles. The van der Waals surface area contributed by atoms with Crippen LogP contribution in [0, 0.1) is 42.4 Å². The van der Waals surface area contributed by atoms with Crippen LogP contribution in [0.3, 0.4) is 0 Å². The Balaban J connectivity index is 1.68. The van der Waals surface area contributed by atoms with Crippen LogP contribution in [0.2, 0.25) is 0 Å². The van der Waals surface area contributed by atoms with Gasteiger partial charge in [0, 0.05) is 25.8 Å². The molecule has 2 aromatic rings. The van der Waals surface area contributed by atoms with E-state index in [1.54, 1.807) is 18.3 Å². The summed E-state index contributed by atoms with van der Waals surface area (Å²) >= 11 is 0. The molecule has 0 bridgehead atoms. The van der Waals surface area contributed by atoms with E-state index in [4.69, 9.17) is 5.26 Å². The second-order valence-electron chi connectivity index (χ2n) is 6.21. The summed E-state index contributed by atoms with van der Waals surface area (Å²) in [6.45, 7) is 6.14. The zero-order valence-electron chi connectivity index (χ0n) is 14.3. The summed E-state index contributed by atoms with van der Waals surface area (Å²) in [4.78, 5) is 6.34. The van der Waals surface area contributed by atoms with E-state index in [0.29, 0.717) is 28.7 Å². The van der Waals surface area contributed by atoms with Gasteiger partial charge in [-0.2, -0.15) is 15.6 Å². The van der Waals surface area contributed by atoms with Crippen molar-refractivity contribution in [1.29, 1.82) is 10.5 Å². The minimum Gasteiger partial charge on any atom is -0.369 e. The van der Waals surface area contributed by atoms with Crippen molar-refractivity contribution in [3.8, 4) is 12.1 Å². The summed E-state index contributed by atoms with van der Waals surface area (Å²) in [7, 11) is 0. The molecule has 25 heavy (non-hydrogen) atoms. The van der Waals surface area contributed by atoms with E-state index in [0.717, 1.165) is 37.3 Å². The topological polar surface area (TPSA) is 102 Å². The second-order valence-corrected chi connectivity index (χ2v) is 6.21. The fraction of sp³-hybridized carbons (Fsp3) is 0.389. The van der Waals surface area contributed by atoms with Crippen LogP contribution in [0.5, 0.6) is 0 Å². The van der Waals surface area contributed by atoms with Crippen LogP contribution in [-0.2, 0) is 0 Å². The number of anilines is 2. The molecule has 0 aliphatic carbocycles. The maximum atomic E-state index is 9.46. The molecule has 7 nitrogen and oxygen atoms in total. The highest BCUT2D eigenvalue weighted by Crippen LogP contribution is 2.27. The average Bonchev–Trinajstić information content (AvgIpc) is 3.11. The quantitative estimate of drug-likeness (QED) is 0.914. The van der Waals surface area contributed by atoms with Gasteiger partial charge in [0.05, 0.1) is 11.3 Å². The number of nitrogens with zero attached hydrogens (tertiary/aromatic N) is 6. The SMILES string of the molecule is Cc1nnc(N2CC[C@@H](CNc3ncccc3C#N)C2)c(C#N)c1C. The zero-order chi connectivity index (χ0) is 17.8. The molecule has 1 fully saturated rings. The molecular formula is C18H19N7. The number of nitriles is 2. The molecule has 1 atom stereocenters. The van der Waals surface area contributed by atoms with Gasteiger partial charge in [-0.15, -0.1) is 5.10 Å². The summed E-state index contributed by atoms with van der Waals surface area (Å²) < 4.78 is 0. The third-order valence-corrected chi connectivity index (χ3v) is 4.62. The molecule has 2 aromatic heterocycles. The largest absolute Gasteiger partial charge is 0.369 e. The van der Waals surface area contributed by atoms with E-state index in [9.17, 15) is 5.26 Å². The minimum absolute atomic E-state index is 0.392. The Hall–Kier alpha value is -3.19. The lowest BCUT2D eigenvalue weighted by atomic mass is 10.1. The van der Waals surface area contributed by atoms with Crippen LogP contribution in [0.15, 0.2) is 18.3 Å². The van der Waals surface area contributed by atoms with E-state index < -0.39 is 0 Å². The van der Waals surface area contributed by atoms with Crippen molar-refractivity contribution in [2.24, 2.45) is 5.92 Å². The van der Waals surface area contributed by atoms with E-state index in [-0.39, 0.29) is 0 Å². The normalized spacial score (nSPS) is 16.3. The fourth-order valence-corrected chi connectivity index (χ4v) is 3.02. The molecule has 3 rings (SSSR count). The first-order chi connectivity index (χ1) is 12.1. The summed E-state index contributed by atoms with van der Waals surface area (Å²) in [5.74, 6) is 1.68. The molecular weight excluding hydrogens is 314 g/mol. The molecule has 3 heterocycles. The average molecular weight is 333 g/mol. The maximum Gasteiger partial charge on any atom is 0.169 e. The summed E-state index contributed by atoms with van der Waals surface area (Å²) in [6.07, 6.45) is 2.66. The predicted octanol–water partition coefficient (Wildman–Crippen LogP) is 2.17. The van der Waals surface area contributed by atoms with Crippen LogP contribution < -0.4 is 10.2 Å². The van der Waals surface area contributed by atoms with Crippen molar-refractivity contribution < 1.29 is 0 Å². The Morgan fingerprint density at radius 2 is 2.12 bits per heavy atom. The maximum absolute atomic E-state index is 9.46. The molecule has 0 amide bonds. The summed E-state index contributed by atoms with van der Waals surface area (Å²) in [5, 5.41) is 30.3. The Bertz CT molecular complexity index is 863. The molecule has 1 aliphatic rings. The number of pyridine rings is 1. The molecule has 126 valence electrons. The number of hydrogen-bond donors (Lipinski definition) is 1. The van der Waals surface area contributed by atoms with Crippen molar-refractivity contribution >= 4 is 11.6 Å². The third kappa shape index (κ3) is 3.36. The van der Waals surface area contributed by atoms with Crippen LogP contribution in [0.4, 0.5) is 11.6 Å². The lowest BCUT2D eigenvalue weighted by Gasteiger charge is -2.19. The van der Waals surface area contributed by atoms with Crippen molar-refractivity contribution in [2.75, 3.05) is 29.9 Å². The van der Waals surface area contributed by atoms with Gasteiger partial charge in [0.25, 0.3) is 0 Å². The van der Waals surface area contributed by atoms with Crippen molar-refractivity contribution in [3.05, 3.63) is 40.7 Å². The number of hydrogen-bond acceptors (Lipinski definition) is 7. The van der Waals surface area contributed by atoms with Gasteiger partial charge in [0.2, 0.25) is 0 Å². The summed E-state index contributed by atoms with van der Waals surface area (Å²) in [5.41, 5.74) is 2.83. The highest BCUT2D eigenvalue weighted by Gasteiger charge is 2.26. The van der Waals surface area contributed by atoms with Crippen LogP contribution in [-0.4, -0.2) is 34.8 Å². The Kier molecular flexibility index (Phi) is 4.76. The molecule has 0 spiro atoms. The van der Waals surface area contributed by atoms with Gasteiger partial charge in [-0.05, 0) is 43.9 Å². The van der Waals surface area contributed by atoms with Crippen LogP contribution in [0.1, 0.15) is 28.8 Å². The lowest BCUT2D eigenvalue weighted by Crippen LogP contribution is -2.25. The van der Waals surface area contributed by atoms with Crippen molar-refractivity contribution in [1.82, 2.24) is 15.2 Å². The van der Waals surface area contributed by atoms with Gasteiger partial charge in [-0.1, -0.05) is 0 Å². The monoisotopic (exact) mass is 333 g/mol. The number of rotatable bonds is 4. The van der Waals surface area contributed by atoms with Gasteiger partial charge in [-0.3, -0.25) is 0 Å². The highest BCUT2D eigenvalue weighted by molar-refractivity contribution is 5.58. The number of aromatic nitrogens is 3. The van der Waals surface area contributed by atoms with Crippen molar-refractivity contribution in [3.63, 3.8) is 0 Å². The van der Waals surface area contributed by atoms with Gasteiger partial charge in [-0.25, -0.2) is 4.98 Å². The second kappa shape index (κ2) is 7.14. The van der Waals surface area contributed by atoms with E-state index in [2.05, 4.69) is 37.5 Å². The van der Waals surface area contributed by atoms with E-state index in [1.165, 1.54) is 0 Å². The third-order valence-electron chi connectivity index (χ3n) is 4.62. The molecule has 1 N–H and O–H groups in total.